The van der Waals surface area contributed by atoms with E-state index in [9.17, 15) is 4.79 Å². The maximum absolute atomic E-state index is 12.0. The van der Waals surface area contributed by atoms with Gasteiger partial charge in [0, 0.05) is 5.56 Å². The summed E-state index contributed by atoms with van der Waals surface area (Å²) in [6, 6.07) is 9.68. The third-order valence-electron chi connectivity index (χ3n) is 4.08. The molecule has 0 aliphatic heterocycles. The Hall–Kier alpha value is -2.36. The zero-order valence-corrected chi connectivity index (χ0v) is 13.3. The SMILES string of the molecule is Cc1oc(-c2ccccc2)nc1CC(=O)OCC1CC=CCC1. The highest BCUT2D eigenvalue weighted by molar-refractivity contribution is 5.72. The number of allylic oxidation sites excluding steroid dienone is 2. The zero-order chi connectivity index (χ0) is 16.1. The van der Waals surface area contributed by atoms with E-state index < -0.39 is 0 Å². The average Bonchev–Trinajstić information content (AvgIpc) is 2.95. The number of hydrogen-bond acceptors (Lipinski definition) is 4. The number of oxazole rings is 1. The predicted molar refractivity (Wildman–Crippen MR) is 87.8 cm³/mol. The Morgan fingerprint density at radius 2 is 2.13 bits per heavy atom. The van der Waals surface area contributed by atoms with Gasteiger partial charge >= 0.3 is 5.97 Å². The van der Waals surface area contributed by atoms with E-state index in [-0.39, 0.29) is 12.4 Å². The van der Waals surface area contributed by atoms with Crippen LogP contribution in [0.4, 0.5) is 0 Å². The number of hydrogen-bond donors (Lipinski definition) is 0. The van der Waals surface area contributed by atoms with Crippen molar-refractivity contribution in [2.75, 3.05) is 6.61 Å². The van der Waals surface area contributed by atoms with Crippen LogP contribution < -0.4 is 0 Å². The maximum Gasteiger partial charge on any atom is 0.312 e. The zero-order valence-electron chi connectivity index (χ0n) is 13.3. The van der Waals surface area contributed by atoms with Crippen molar-refractivity contribution in [1.82, 2.24) is 4.98 Å². The molecule has 4 nitrogen and oxygen atoms in total. The molecule has 120 valence electrons. The van der Waals surface area contributed by atoms with Crippen LogP contribution in [-0.4, -0.2) is 17.6 Å². The lowest BCUT2D eigenvalue weighted by Crippen LogP contribution is -2.17. The van der Waals surface area contributed by atoms with Crippen LogP contribution in [0.5, 0.6) is 0 Å². The van der Waals surface area contributed by atoms with Crippen molar-refractivity contribution in [2.24, 2.45) is 5.92 Å². The van der Waals surface area contributed by atoms with E-state index in [0.717, 1.165) is 24.8 Å². The first kappa shape index (κ1) is 15.5. The number of nitrogens with zero attached hydrogens (tertiary/aromatic N) is 1. The van der Waals surface area contributed by atoms with E-state index in [0.29, 0.717) is 29.9 Å². The van der Waals surface area contributed by atoms with Gasteiger partial charge in [-0.15, -0.1) is 0 Å². The summed E-state index contributed by atoms with van der Waals surface area (Å²) in [5, 5.41) is 0. The largest absolute Gasteiger partial charge is 0.465 e. The molecule has 0 amide bonds. The van der Waals surface area contributed by atoms with Crippen LogP contribution in [0, 0.1) is 12.8 Å². The average molecular weight is 311 g/mol. The van der Waals surface area contributed by atoms with Crippen LogP contribution in [-0.2, 0) is 16.0 Å². The molecule has 1 atom stereocenters. The molecule has 0 radical (unpaired) electrons. The minimum atomic E-state index is -0.240. The Bertz CT molecular complexity index is 688. The van der Waals surface area contributed by atoms with Gasteiger partial charge in [0.05, 0.1) is 18.7 Å². The number of ether oxygens (including phenoxy) is 1. The van der Waals surface area contributed by atoms with E-state index in [2.05, 4.69) is 17.1 Å². The molecule has 0 saturated heterocycles. The number of esters is 1. The van der Waals surface area contributed by atoms with Gasteiger partial charge in [-0.1, -0.05) is 30.4 Å². The lowest BCUT2D eigenvalue weighted by Gasteiger charge is -2.17. The van der Waals surface area contributed by atoms with Crippen LogP contribution in [0.1, 0.15) is 30.7 Å². The lowest BCUT2D eigenvalue weighted by atomic mass is 9.95. The molecule has 2 aromatic rings. The van der Waals surface area contributed by atoms with Gasteiger partial charge < -0.3 is 9.15 Å². The minimum Gasteiger partial charge on any atom is -0.465 e. The molecule has 1 heterocycles. The van der Waals surface area contributed by atoms with Crippen LogP contribution in [0.2, 0.25) is 0 Å². The molecular formula is C19H21NO3. The highest BCUT2D eigenvalue weighted by Crippen LogP contribution is 2.22. The first-order chi connectivity index (χ1) is 11.2. The molecule has 23 heavy (non-hydrogen) atoms. The second-order valence-corrected chi connectivity index (χ2v) is 5.90. The van der Waals surface area contributed by atoms with Crippen LogP contribution in [0.25, 0.3) is 11.5 Å². The van der Waals surface area contributed by atoms with E-state index in [1.54, 1.807) is 0 Å². The number of aryl methyl sites for hydroxylation is 1. The van der Waals surface area contributed by atoms with Gasteiger partial charge in [-0.05, 0) is 44.2 Å². The van der Waals surface area contributed by atoms with Crippen LogP contribution in [0.15, 0.2) is 46.9 Å². The third-order valence-corrected chi connectivity index (χ3v) is 4.08. The molecule has 1 unspecified atom stereocenters. The van der Waals surface area contributed by atoms with Crippen LogP contribution >= 0.6 is 0 Å². The molecule has 1 aliphatic carbocycles. The first-order valence-corrected chi connectivity index (χ1v) is 8.04. The molecule has 4 heteroatoms. The summed E-state index contributed by atoms with van der Waals surface area (Å²) in [5.41, 5.74) is 1.56. The van der Waals surface area contributed by atoms with Gasteiger partial charge in [0.1, 0.15) is 5.76 Å². The summed E-state index contributed by atoms with van der Waals surface area (Å²) >= 11 is 0. The minimum absolute atomic E-state index is 0.157. The molecular weight excluding hydrogens is 290 g/mol. The number of benzene rings is 1. The number of carbonyl (C=O) groups excluding carboxylic acids is 1. The molecule has 0 bridgehead atoms. The van der Waals surface area contributed by atoms with Gasteiger partial charge in [-0.25, -0.2) is 4.98 Å². The molecule has 0 fully saturated rings. The van der Waals surface area contributed by atoms with Gasteiger partial charge in [-0.3, -0.25) is 4.79 Å². The van der Waals surface area contributed by atoms with E-state index >= 15 is 0 Å². The second kappa shape index (κ2) is 7.27. The fourth-order valence-corrected chi connectivity index (χ4v) is 2.70. The van der Waals surface area contributed by atoms with Crippen molar-refractivity contribution < 1.29 is 13.9 Å². The first-order valence-electron chi connectivity index (χ1n) is 8.04. The van der Waals surface area contributed by atoms with Crippen molar-refractivity contribution in [3.05, 3.63) is 53.9 Å². The highest BCUT2D eigenvalue weighted by atomic mass is 16.5. The van der Waals surface area contributed by atoms with Crippen molar-refractivity contribution in [2.45, 2.75) is 32.6 Å². The topological polar surface area (TPSA) is 52.3 Å². The number of aromatic nitrogens is 1. The third kappa shape index (κ3) is 4.09. The van der Waals surface area contributed by atoms with Gasteiger partial charge in [0.25, 0.3) is 0 Å². The summed E-state index contributed by atoms with van der Waals surface area (Å²) in [7, 11) is 0. The van der Waals surface area contributed by atoms with E-state index in [4.69, 9.17) is 9.15 Å². The molecule has 0 spiro atoms. The highest BCUT2D eigenvalue weighted by Gasteiger charge is 2.17. The predicted octanol–water partition coefficient (Wildman–Crippen LogP) is 4.09. The Kier molecular flexibility index (Phi) is 4.91. The quantitative estimate of drug-likeness (QED) is 0.616. The van der Waals surface area contributed by atoms with Crippen molar-refractivity contribution in [1.29, 1.82) is 0 Å². The summed E-state index contributed by atoms with van der Waals surface area (Å²) in [5.74, 6) is 1.42. The smallest absolute Gasteiger partial charge is 0.312 e. The molecule has 0 N–H and O–H groups in total. The summed E-state index contributed by atoms with van der Waals surface area (Å²) in [4.78, 5) is 16.5. The monoisotopic (exact) mass is 311 g/mol. The lowest BCUT2D eigenvalue weighted by molar-refractivity contribution is -0.144. The van der Waals surface area contributed by atoms with Crippen molar-refractivity contribution in [3.8, 4) is 11.5 Å². The Balaban J connectivity index is 1.58. The summed E-state index contributed by atoms with van der Waals surface area (Å²) in [6.07, 6.45) is 7.66. The molecule has 3 rings (SSSR count). The van der Waals surface area contributed by atoms with Gasteiger partial charge in [0.2, 0.25) is 5.89 Å². The Morgan fingerprint density at radius 1 is 1.30 bits per heavy atom. The van der Waals surface area contributed by atoms with E-state index in [1.807, 2.05) is 37.3 Å². The number of rotatable bonds is 5. The fraction of sp³-hybridized carbons (Fsp3) is 0.368. The maximum atomic E-state index is 12.0. The van der Waals surface area contributed by atoms with Crippen molar-refractivity contribution >= 4 is 5.97 Å². The second-order valence-electron chi connectivity index (χ2n) is 5.90. The fourth-order valence-electron chi connectivity index (χ4n) is 2.70. The molecule has 1 aliphatic rings. The summed E-state index contributed by atoms with van der Waals surface area (Å²) < 4.78 is 11.1. The van der Waals surface area contributed by atoms with Gasteiger partial charge in [-0.2, -0.15) is 0 Å². The summed E-state index contributed by atoms with van der Waals surface area (Å²) in [6.45, 7) is 2.32. The Labute approximate surface area is 136 Å². The molecule has 1 aromatic heterocycles. The van der Waals surface area contributed by atoms with Crippen LogP contribution in [0.3, 0.4) is 0 Å². The Morgan fingerprint density at radius 3 is 2.87 bits per heavy atom. The standard InChI is InChI=1S/C19H21NO3/c1-14-17(20-19(23-14)16-10-6-3-7-11-16)12-18(21)22-13-15-8-4-2-5-9-15/h2-4,6-7,10-11,15H,5,8-9,12-13H2,1H3. The molecule has 1 aromatic carbocycles. The van der Waals surface area contributed by atoms with E-state index in [1.165, 1.54) is 0 Å². The normalized spacial score (nSPS) is 17.2. The number of carbonyl (C=O) groups is 1. The van der Waals surface area contributed by atoms with Crippen molar-refractivity contribution in [3.63, 3.8) is 0 Å². The molecule has 0 saturated carbocycles. The van der Waals surface area contributed by atoms with Gasteiger partial charge in [0.15, 0.2) is 0 Å².